The van der Waals surface area contributed by atoms with Crippen molar-refractivity contribution >= 4 is 35.1 Å². The molecule has 150 valence electrons. The van der Waals surface area contributed by atoms with Crippen LogP contribution in [0.25, 0.3) is 0 Å². The molecule has 0 aliphatic carbocycles. The number of amides is 3. The Hall–Kier alpha value is -3.88. The minimum Gasteiger partial charge on any atom is -0.496 e. The van der Waals surface area contributed by atoms with Gasteiger partial charge in [-0.15, -0.1) is 0 Å². The van der Waals surface area contributed by atoms with Gasteiger partial charge in [-0.05, 0) is 24.3 Å². The van der Waals surface area contributed by atoms with Crippen molar-refractivity contribution in [1.29, 1.82) is 0 Å². The van der Waals surface area contributed by atoms with Crippen LogP contribution in [0.5, 0.6) is 5.75 Å². The van der Waals surface area contributed by atoms with Crippen LogP contribution in [-0.2, 0) is 19.1 Å². The molecule has 0 atom stereocenters. The first-order chi connectivity index (χ1) is 14.0. The van der Waals surface area contributed by atoms with Gasteiger partial charge in [0.15, 0.2) is 6.61 Å². The molecule has 0 unspecified atom stereocenters. The molecule has 1 heterocycles. The van der Waals surface area contributed by atoms with Gasteiger partial charge >= 0.3 is 5.97 Å². The monoisotopic (exact) mass is 397 g/mol. The molecule has 1 aliphatic heterocycles. The number of anilines is 2. The number of carbonyl (C=O) groups excluding carboxylic acids is 4. The quantitative estimate of drug-likeness (QED) is 0.702. The SMILES string of the molecule is COc1ccccc1C(=O)NCC(=O)OCC(=O)N1CC(=O)Nc2ccccc21. The predicted octanol–water partition coefficient (Wildman–Crippen LogP) is 0.953. The second kappa shape index (κ2) is 8.87. The lowest BCUT2D eigenvalue weighted by molar-refractivity contribution is -0.146. The lowest BCUT2D eigenvalue weighted by Gasteiger charge is -2.28. The molecule has 0 saturated heterocycles. The van der Waals surface area contributed by atoms with Crippen LogP contribution in [0.2, 0.25) is 0 Å². The number of fused-ring (bicyclic) bond motifs is 1. The molecule has 9 nitrogen and oxygen atoms in total. The maximum atomic E-state index is 12.4. The fourth-order valence-corrected chi connectivity index (χ4v) is 2.81. The summed E-state index contributed by atoms with van der Waals surface area (Å²) < 4.78 is 10.0. The summed E-state index contributed by atoms with van der Waals surface area (Å²) in [6.07, 6.45) is 0. The van der Waals surface area contributed by atoms with Crippen molar-refractivity contribution in [3.63, 3.8) is 0 Å². The molecule has 0 aromatic heterocycles. The number of nitrogens with zero attached hydrogens (tertiary/aromatic N) is 1. The zero-order valence-corrected chi connectivity index (χ0v) is 15.6. The zero-order chi connectivity index (χ0) is 20.8. The average molecular weight is 397 g/mol. The number of hydrogen-bond acceptors (Lipinski definition) is 6. The third kappa shape index (κ3) is 4.70. The van der Waals surface area contributed by atoms with Crippen LogP contribution in [0.3, 0.4) is 0 Å². The average Bonchev–Trinajstić information content (AvgIpc) is 2.75. The number of nitrogens with one attached hydrogen (secondary N) is 2. The first-order valence-electron chi connectivity index (χ1n) is 8.75. The Bertz CT molecular complexity index is 959. The van der Waals surface area contributed by atoms with Crippen molar-refractivity contribution < 1.29 is 28.7 Å². The van der Waals surface area contributed by atoms with Gasteiger partial charge in [-0.1, -0.05) is 24.3 Å². The lowest BCUT2D eigenvalue weighted by Crippen LogP contribution is -2.44. The molecule has 0 saturated carbocycles. The third-order valence-corrected chi connectivity index (χ3v) is 4.17. The van der Waals surface area contributed by atoms with E-state index in [4.69, 9.17) is 9.47 Å². The molecular weight excluding hydrogens is 378 g/mol. The molecule has 1 aliphatic rings. The standard InChI is InChI=1S/C20H19N3O6/c1-28-16-9-5-2-6-13(16)20(27)21-10-19(26)29-12-18(25)23-11-17(24)22-14-7-3-4-8-15(14)23/h2-9H,10-12H2,1H3,(H,21,27)(H,22,24). The lowest BCUT2D eigenvalue weighted by atomic mass is 10.2. The highest BCUT2D eigenvalue weighted by atomic mass is 16.5. The number of esters is 1. The van der Waals surface area contributed by atoms with Crippen LogP contribution in [-0.4, -0.2) is 50.5 Å². The fraction of sp³-hybridized carbons (Fsp3) is 0.200. The van der Waals surface area contributed by atoms with E-state index in [0.29, 0.717) is 17.1 Å². The van der Waals surface area contributed by atoms with Crippen molar-refractivity contribution in [2.75, 3.05) is 37.0 Å². The maximum Gasteiger partial charge on any atom is 0.325 e. The topological polar surface area (TPSA) is 114 Å². The molecule has 3 rings (SSSR count). The van der Waals surface area contributed by atoms with Gasteiger partial charge in [0, 0.05) is 0 Å². The van der Waals surface area contributed by atoms with Gasteiger partial charge in [0.25, 0.3) is 11.8 Å². The summed E-state index contributed by atoms with van der Waals surface area (Å²) in [5.74, 6) is -1.80. The summed E-state index contributed by atoms with van der Waals surface area (Å²) in [5, 5.41) is 5.09. The van der Waals surface area contributed by atoms with E-state index in [2.05, 4.69) is 10.6 Å². The van der Waals surface area contributed by atoms with E-state index in [-0.39, 0.29) is 18.0 Å². The van der Waals surface area contributed by atoms with Gasteiger partial charge in [-0.3, -0.25) is 24.1 Å². The van der Waals surface area contributed by atoms with E-state index >= 15 is 0 Å². The largest absolute Gasteiger partial charge is 0.496 e. The number of rotatable bonds is 6. The van der Waals surface area contributed by atoms with Crippen LogP contribution >= 0.6 is 0 Å². The normalized spacial score (nSPS) is 12.4. The zero-order valence-electron chi connectivity index (χ0n) is 15.6. The van der Waals surface area contributed by atoms with E-state index in [1.54, 1.807) is 48.5 Å². The molecule has 0 spiro atoms. The minimum atomic E-state index is -0.781. The smallest absolute Gasteiger partial charge is 0.325 e. The Morgan fingerprint density at radius 2 is 1.83 bits per heavy atom. The molecule has 0 bridgehead atoms. The number of methoxy groups -OCH3 is 1. The van der Waals surface area contributed by atoms with E-state index in [1.165, 1.54) is 12.0 Å². The van der Waals surface area contributed by atoms with Gasteiger partial charge in [-0.25, -0.2) is 0 Å². The van der Waals surface area contributed by atoms with Gasteiger partial charge in [-0.2, -0.15) is 0 Å². The summed E-state index contributed by atoms with van der Waals surface area (Å²) in [4.78, 5) is 49.5. The molecule has 9 heteroatoms. The summed E-state index contributed by atoms with van der Waals surface area (Å²) >= 11 is 0. The molecular formula is C20H19N3O6. The number of carbonyl (C=O) groups is 4. The van der Waals surface area contributed by atoms with E-state index in [9.17, 15) is 19.2 Å². The Kier molecular flexibility index (Phi) is 6.08. The van der Waals surface area contributed by atoms with Gasteiger partial charge in [0.2, 0.25) is 5.91 Å². The van der Waals surface area contributed by atoms with Gasteiger partial charge < -0.3 is 20.1 Å². The van der Waals surface area contributed by atoms with E-state index in [0.717, 1.165) is 0 Å². The highest BCUT2D eigenvalue weighted by Gasteiger charge is 2.27. The van der Waals surface area contributed by atoms with Crippen LogP contribution in [0.15, 0.2) is 48.5 Å². The highest BCUT2D eigenvalue weighted by Crippen LogP contribution is 2.28. The van der Waals surface area contributed by atoms with Crippen molar-refractivity contribution in [3.05, 3.63) is 54.1 Å². The number of ether oxygens (including phenoxy) is 2. The van der Waals surface area contributed by atoms with Gasteiger partial charge in [0.05, 0.1) is 24.0 Å². The summed E-state index contributed by atoms with van der Waals surface area (Å²) in [7, 11) is 1.44. The molecule has 2 N–H and O–H groups in total. The molecule has 0 radical (unpaired) electrons. The Morgan fingerprint density at radius 3 is 2.62 bits per heavy atom. The summed E-state index contributed by atoms with van der Waals surface area (Å²) in [6.45, 7) is -1.13. The maximum absolute atomic E-state index is 12.4. The first-order valence-corrected chi connectivity index (χ1v) is 8.75. The Morgan fingerprint density at radius 1 is 1.10 bits per heavy atom. The summed E-state index contributed by atoms with van der Waals surface area (Å²) in [6, 6.07) is 13.4. The van der Waals surface area contributed by atoms with Gasteiger partial charge in [0.1, 0.15) is 18.8 Å². The number of para-hydroxylation sites is 3. The third-order valence-electron chi connectivity index (χ3n) is 4.17. The van der Waals surface area contributed by atoms with Crippen LogP contribution in [0.1, 0.15) is 10.4 Å². The molecule has 29 heavy (non-hydrogen) atoms. The Labute approximate surface area is 166 Å². The second-order valence-electron chi connectivity index (χ2n) is 6.09. The van der Waals surface area contributed by atoms with Crippen LogP contribution in [0.4, 0.5) is 11.4 Å². The molecule has 0 fully saturated rings. The highest BCUT2D eigenvalue weighted by molar-refractivity contribution is 6.10. The molecule has 3 amide bonds. The number of benzene rings is 2. The second-order valence-corrected chi connectivity index (χ2v) is 6.09. The number of hydrogen-bond donors (Lipinski definition) is 2. The van der Waals surface area contributed by atoms with Crippen molar-refractivity contribution in [2.45, 2.75) is 0 Å². The summed E-state index contributed by atoms with van der Waals surface area (Å²) in [5.41, 5.74) is 1.31. The minimum absolute atomic E-state index is 0.169. The first kappa shape index (κ1) is 19.9. The van der Waals surface area contributed by atoms with E-state index in [1.807, 2.05) is 0 Å². The molecule has 2 aromatic carbocycles. The van der Waals surface area contributed by atoms with Crippen LogP contribution in [0, 0.1) is 0 Å². The fourth-order valence-electron chi connectivity index (χ4n) is 2.81. The van der Waals surface area contributed by atoms with Crippen LogP contribution < -0.4 is 20.3 Å². The predicted molar refractivity (Wildman–Crippen MR) is 104 cm³/mol. The van der Waals surface area contributed by atoms with Crippen molar-refractivity contribution in [2.24, 2.45) is 0 Å². The van der Waals surface area contributed by atoms with Crippen molar-refractivity contribution in [1.82, 2.24) is 5.32 Å². The Balaban J connectivity index is 1.53. The molecule has 2 aromatic rings. The van der Waals surface area contributed by atoms with E-state index < -0.39 is 30.9 Å². The van der Waals surface area contributed by atoms with Crippen molar-refractivity contribution in [3.8, 4) is 5.75 Å².